The molecule has 0 spiro atoms. The fraction of sp³-hybridized carbons (Fsp3) is 0.690. The van der Waals surface area contributed by atoms with Crippen LogP contribution in [-0.2, 0) is 59.2 Å². The van der Waals surface area contributed by atoms with Gasteiger partial charge in [-0.25, -0.2) is 9.10 Å². The molecule has 1 unspecified atom stereocenters. The van der Waals surface area contributed by atoms with Crippen LogP contribution in [0.1, 0.15) is 142 Å². The third-order valence-electron chi connectivity index (χ3n) is 16.0. The number of benzene rings is 1. The second kappa shape index (κ2) is 35.0. The molecular weight excluding hydrogens is 1130 g/mol. The topological polar surface area (TPSA) is 418 Å². The van der Waals surface area contributed by atoms with E-state index < -0.39 is 138 Å². The minimum Gasteiger partial charge on any atom is -0.480 e. The van der Waals surface area contributed by atoms with E-state index in [4.69, 9.17) is 22.9 Å². The Hall–Kier alpha value is -6.91. The van der Waals surface area contributed by atoms with E-state index in [1.807, 2.05) is 0 Å². The molecule has 0 radical (unpaired) electrons. The third kappa shape index (κ3) is 20.4. The number of nitrogens with two attached hydrogens (primary N) is 4. The van der Waals surface area contributed by atoms with Gasteiger partial charge in [-0.1, -0.05) is 83.2 Å². The molecule has 10 amide bonds. The SMILES string of the molecule is CCCCCCC1CC(=O)N(SC[C@H](NC(=O)[C@@H]2CCCN2C(=O)[C@@H]2CCCN2C(=O)[C@H](CCCN=C(N)N)NC(=O)[C@@H](N)CCCCN)C(=O)N[C@@H](Cc2ccccc2)C(=O)N[C@@H](CO)C(=O)N2CCC[C@H]2C(=O)N[C@@H](CC(C)C)C(=O)O)C1=O. The van der Waals surface area contributed by atoms with Gasteiger partial charge in [0.15, 0.2) is 5.96 Å². The van der Waals surface area contributed by atoms with E-state index in [9.17, 15) is 63.0 Å². The van der Waals surface area contributed by atoms with E-state index in [1.54, 1.807) is 44.2 Å². The molecule has 4 aliphatic heterocycles. The average molecular weight is 1230 g/mol. The zero-order chi connectivity index (χ0) is 63.0. The van der Waals surface area contributed by atoms with E-state index in [0.717, 1.165) is 41.9 Å². The number of aliphatic hydroxyl groups is 1. The van der Waals surface area contributed by atoms with Gasteiger partial charge in [0.2, 0.25) is 59.1 Å². The summed E-state index contributed by atoms with van der Waals surface area (Å²) in [6.45, 7) is 5.66. The fourth-order valence-corrected chi connectivity index (χ4v) is 12.4. The lowest BCUT2D eigenvalue weighted by molar-refractivity contribution is -0.148. The molecule has 15 N–H and O–H groups in total. The lowest BCUT2D eigenvalue weighted by Crippen LogP contribution is -2.61. The smallest absolute Gasteiger partial charge is 0.326 e. The van der Waals surface area contributed by atoms with Gasteiger partial charge < -0.3 is 74.4 Å². The molecule has 1 aromatic rings. The Labute approximate surface area is 507 Å². The highest BCUT2D eigenvalue weighted by atomic mass is 32.2. The van der Waals surface area contributed by atoms with Crippen LogP contribution in [0.4, 0.5) is 0 Å². The Kier molecular flexibility index (Phi) is 28.5. The van der Waals surface area contributed by atoms with Gasteiger partial charge in [-0.3, -0.25) is 52.9 Å². The monoisotopic (exact) mass is 1220 g/mol. The number of likely N-dealkylation sites (tertiary alicyclic amines) is 3. The van der Waals surface area contributed by atoms with Gasteiger partial charge in [-0.2, -0.15) is 0 Å². The van der Waals surface area contributed by atoms with Gasteiger partial charge in [0, 0.05) is 50.7 Å². The number of carbonyl (C=O) groups is 11. The van der Waals surface area contributed by atoms with Crippen molar-refractivity contribution < 1.29 is 63.0 Å². The fourth-order valence-electron chi connectivity index (χ4n) is 11.4. The molecule has 4 heterocycles. The summed E-state index contributed by atoms with van der Waals surface area (Å²) in [7, 11) is 0. The summed E-state index contributed by atoms with van der Waals surface area (Å²) in [5.41, 5.74) is 23.4. The largest absolute Gasteiger partial charge is 0.480 e. The molecule has 5 rings (SSSR count). The molecule has 0 bridgehead atoms. The van der Waals surface area contributed by atoms with Gasteiger partial charge >= 0.3 is 5.97 Å². The summed E-state index contributed by atoms with van der Waals surface area (Å²) in [6, 6.07) is -2.71. The predicted molar refractivity (Wildman–Crippen MR) is 320 cm³/mol. The number of hydrogen-bond donors (Lipinski definition) is 11. The van der Waals surface area contributed by atoms with Crippen molar-refractivity contribution in [2.45, 2.75) is 197 Å². The number of carboxylic acids is 1. The second-order valence-electron chi connectivity index (χ2n) is 23.1. The maximum absolute atomic E-state index is 14.9. The van der Waals surface area contributed by atoms with Gasteiger partial charge in [0.1, 0.15) is 48.3 Å². The molecule has 1 aromatic carbocycles. The summed E-state index contributed by atoms with van der Waals surface area (Å²) in [5, 5.41) is 33.7. The van der Waals surface area contributed by atoms with Crippen molar-refractivity contribution in [1.29, 1.82) is 0 Å². The summed E-state index contributed by atoms with van der Waals surface area (Å²) < 4.78 is 0.990. The standard InChI is InChI=1S/C58H92N14O13S/c1-4-5-6-10-19-37-32-47(74)72(53(37)80)86-34-43(50(77)65-40(31-36-17-8-7-9-18-36)49(76)67-42(33-73)55(82)69-27-14-22-44(69)51(78)66-41(57(84)85)30-35(2)3)68-52(79)45-23-15-28-70(45)56(83)46-24-16-29-71(46)54(81)39(21-13-26-63-58(61)62)64-48(75)38(60)20-11-12-25-59/h7-9,17-18,35,37-46,73H,4-6,10-16,19-34,59-60H2,1-3H3,(H,64,75)(H,65,77)(H,66,78)(H,67,76)(H,68,79)(H,84,85)(H4,61,62,63)/t37?,38-,39-,40-,41-,42-,43-,44-,45-,46-/m0/s1. The van der Waals surface area contributed by atoms with Crippen LogP contribution < -0.4 is 49.5 Å². The van der Waals surface area contributed by atoms with E-state index >= 15 is 0 Å². The van der Waals surface area contributed by atoms with E-state index in [0.29, 0.717) is 63.5 Å². The Balaban J connectivity index is 1.39. The van der Waals surface area contributed by atoms with Crippen LogP contribution in [0.5, 0.6) is 0 Å². The van der Waals surface area contributed by atoms with E-state index in [1.165, 1.54) is 14.7 Å². The highest BCUT2D eigenvalue weighted by Gasteiger charge is 2.46. The second-order valence-corrected chi connectivity index (χ2v) is 24.1. The molecular formula is C58H92N14O13S. The molecule has 86 heavy (non-hydrogen) atoms. The number of nitrogens with zero attached hydrogens (tertiary/aromatic N) is 5. The minimum absolute atomic E-state index is 0.0389. The molecule has 4 aliphatic rings. The number of aliphatic carboxylic acids is 1. The Bertz CT molecular complexity index is 2540. The number of carbonyl (C=O) groups excluding carboxylic acids is 10. The lowest BCUT2D eigenvalue weighted by Gasteiger charge is -2.33. The molecule has 0 saturated carbocycles. The molecule has 10 atom stereocenters. The molecule has 4 saturated heterocycles. The van der Waals surface area contributed by atoms with Crippen LogP contribution in [-0.4, -0.2) is 200 Å². The van der Waals surface area contributed by atoms with Crippen molar-refractivity contribution in [3.63, 3.8) is 0 Å². The van der Waals surface area contributed by atoms with Crippen LogP contribution in [0, 0.1) is 11.8 Å². The number of guanidine groups is 1. The van der Waals surface area contributed by atoms with Crippen LogP contribution >= 0.6 is 11.9 Å². The normalized spacial score (nSPS) is 20.6. The maximum atomic E-state index is 14.9. The van der Waals surface area contributed by atoms with Crippen molar-refractivity contribution in [3.8, 4) is 0 Å². The molecule has 4 fully saturated rings. The van der Waals surface area contributed by atoms with Crippen LogP contribution in [0.25, 0.3) is 0 Å². The first-order valence-corrected chi connectivity index (χ1v) is 31.4. The summed E-state index contributed by atoms with van der Waals surface area (Å²) in [6.07, 6.45) is 7.69. The van der Waals surface area contributed by atoms with E-state index in [2.05, 4.69) is 38.5 Å². The highest BCUT2D eigenvalue weighted by Crippen LogP contribution is 2.31. The van der Waals surface area contributed by atoms with Crippen molar-refractivity contribution in [3.05, 3.63) is 35.9 Å². The van der Waals surface area contributed by atoms with Crippen LogP contribution in [0.2, 0.25) is 0 Å². The number of nitrogens with one attached hydrogen (secondary N) is 5. The van der Waals surface area contributed by atoms with E-state index in [-0.39, 0.29) is 83.0 Å². The number of hydrogen-bond acceptors (Lipinski definition) is 16. The summed E-state index contributed by atoms with van der Waals surface area (Å²) >= 11 is 0.726. The first kappa shape index (κ1) is 69.9. The molecule has 27 nitrogen and oxygen atoms in total. The van der Waals surface area contributed by atoms with Gasteiger partial charge in [-0.05, 0) is 107 Å². The first-order chi connectivity index (χ1) is 41.1. The third-order valence-corrected chi connectivity index (χ3v) is 17.1. The van der Waals surface area contributed by atoms with Gasteiger partial charge in [-0.15, -0.1) is 0 Å². The van der Waals surface area contributed by atoms with Gasteiger partial charge in [0.25, 0.3) is 0 Å². The number of unbranched alkanes of at least 4 members (excludes halogenated alkanes) is 4. The number of aliphatic imine (C=N–C) groups is 1. The maximum Gasteiger partial charge on any atom is 0.326 e. The van der Waals surface area contributed by atoms with Crippen LogP contribution in [0.3, 0.4) is 0 Å². The highest BCUT2D eigenvalue weighted by molar-refractivity contribution is 7.98. The average Bonchev–Trinajstić information content (AvgIpc) is 2.13. The van der Waals surface area contributed by atoms with Crippen LogP contribution in [0.15, 0.2) is 35.3 Å². The minimum atomic E-state index is -1.63. The van der Waals surface area contributed by atoms with Crippen molar-refractivity contribution in [2.75, 3.05) is 45.1 Å². The lowest BCUT2D eigenvalue weighted by atomic mass is 9.99. The Morgan fingerprint density at radius 3 is 1.88 bits per heavy atom. The van der Waals surface area contributed by atoms with Crippen molar-refractivity contribution >= 4 is 82.9 Å². The number of carboxylic acid groups (broad SMARTS) is 1. The number of aliphatic hydroxyl groups excluding tert-OH is 1. The van der Waals surface area contributed by atoms with Crippen molar-refractivity contribution in [2.24, 2.45) is 39.8 Å². The zero-order valence-electron chi connectivity index (χ0n) is 50.0. The first-order valence-electron chi connectivity index (χ1n) is 30.4. The molecule has 0 aliphatic carbocycles. The zero-order valence-corrected chi connectivity index (χ0v) is 50.8. The number of amides is 10. The van der Waals surface area contributed by atoms with Crippen molar-refractivity contribution in [1.82, 2.24) is 45.6 Å². The number of imide groups is 1. The Morgan fingerprint density at radius 2 is 1.27 bits per heavy atom. The summed E-state index contributed by atoms with van der Waals surface area (Å²) in [4.78, 5) is 161. The molecule has 478 valence electrons. The molecule has 0 aromatic heterocycles. The number of rotatable bonds is 35. The molecule has 28 heteroatoms. The summed E-state index contributed by atoms with van der Waals surface area (Å²) in [5.74, 6) is -9.17. The quantitative estimate of drug-likeness (QED) is 0.0131. The Morgan fingerprint density at radius 1 is 0.686 bits per heavy atom. The van der Waals surface area contributed by atoms with Gasteiger partial charge in [0.05, 0.1) is 12.6 Å². The predicted octanol–water partition coefficient (Wildman–Crippen LogP) is -0.747.